The van der Waals surface area contributed by atoms with Crippen LogP contribution in [0.5, 0.6) is 11.5 Å². The fourth-order valence-electron chi connectivity index (χ4n) is 3.83. The van der Waals surface area contributed by atoms with E-state index in [0.717, 1.165) is 5.56 Å². The van der Waals surface area contributed by atoms with E-state index in [9.17, 15) is 9.59 Å². The summed E-state index contributed by atoms with van der Waals surface area (Å²) >= 11 is 7.49. The van der Waals surface area contributed by atoms with Crippen LogP contribution in [0, 0.1) is 11.3 Å². The van der Waals surface area contributed by atoms with Gasteiger partial charge in [0.25, 0.3) is 5.56 Å². The number of hydrogen-bond acceptors (Lipinski definition) is 8. The number of rotatable bonds is 6. The molecule has 178 valence electrons. The molecule has 1 aliphatic heterocycles. The summed E-state index contributed by atoms with van der Waals surface area (Å²) in [5.41, 5.74) is 1.66. The lowest BCUT2D eigenvalue weighted by molar-refractivity contribution is -0.136. The van der Waals surface area contributed by atoms with Gasteiger partial charge in [-0.15, -0.1) is 0 Å². The average Bonchev–Trinajstić information content (AvgIpc) is 3.16. The summed E-state index contributed by atoms with van der Waals surface area (Å²) in [6.45, 7) is 1.65. The summed E-state index contributed by atoms with van der Waals surface area (Å²) in [5, 5.41) is 9.08. The van der Waals surface area contributed by atoms with Crippen LogP contribution in [-0.2, 0) is 9.53 Å². The van der Waals surface area contributed by atoms with Crippen molar-refractivity contribution in [3.63, 3.8) is 0 Å². The Balaban J connectivity index is 1.91. The minimum Gasteiger partial charge on any atom is -0.496 e. The molecule has 0 N–H and O–H groups in total. The van der Waals surface area contributed by atoms with Gasteiger partial charge in [-0.3, -0.25) is 9.36 Å². The fourth-order valence-corrected chi connectivity index (χ4v) is 5.06. The van der Waals surface area contributed by atoms with Gasteiger partial charge in [0.15, 0.2) is 11.4 Å². The minimum atomic E-state index is -0.837. The molecule has 0 aliphatic carbocycles. The molecule has 3 aromatic rings. The fraction of sp³-hybridized carbons (Fsp3) is 0.200. The van der Waals surface area contributed by atoms with E-state index < -0.39 is 12.0 Å². The third kappa shape index (κ3) is 4.71. The maximum Gasteiger partial charge on any atom is 0.338 e. The molecule has 1 aromatic heterocycles. The van der Waals surface area contributed by atoms with Gasteiger partial charge in [-0.05, 0) is 48.9 Å². The highest BCUT2D eigenvalue weighted by molar-refractivity contribution is 7.07. The molecule has 2 heterocycles. The predicted octanol–water partition coefficient (Wildman–Crippen LogP) is 2.97. The average molecular weight is 510 g/mol. The number of fused-ring (bicyclic) bond motifs is 1. The van der Waals surface area contributed by atoms with Crippen molar-refractivity contribution in [3.05, 3.63) is 89.6 Å². The van der Waals surface area contributed by atoms with Crippen LogP contribution in [-0.4, -0.2) is 31.4 Å². The number of methoxy groups -OCH3 is 2. The highest BCUT2D eigenvalue weighted by atomic mass is 35.5. The highest BCUT2D eigenvalue weighted by Gasteiger charge is 2.35. The molecule has 0 spiro atoms. The molecule has 35 heavy (non-hydrogen) atoms. The van der Waals surface area contributed by atoms with Gasteiger partial charge in [0.1, 0.15) is 23.6 Å². The quantitative estimate of drug-likeness (QED) is 0.473. The van der Waals surface area contributed by atoms with Crippen molar-refractivity contribution >= 4 is 35.0 Å². The van der Waals surface area contributed by atoms with E-state index in [1.165, 1.54) is 30.1 Å². The van der Waals surface area contributed by atoms with Gasteiger partial charge in [0, 0.05) is 10.6 Å². The molecular weight excluding hydrogens is 490 g/mol. The minimum absolute atomic E-state index is 0.0488. The van der Waals surface area contributed by atoms with Crippen molar-refractivity contribution in [3.8, 4) is 17.6 Å². The van der Waals surface area contributed by atoms with Crippen molar-refractivity contribution in [1.82, 2.24) is 4.57 Å². The predicted molar refractivity (Wildman–Crippen MR) is 131 cm³/mol. The van der Waals surface area contributed by atoms with Gasteiger partial charge in [-0.25, -0.2) is 9.79 Å². The number of carbonyl (C=O) groups is 1. The normalized spacial score (nSPS) is 15.2. The van der Waals surface area contributed by atoms with Crippen molar-refractivity contribution in [1.29, 1.82) is 5.26 Å². The van der Waals surface area contributed by atoms with Gasteiger partial charge >= 0.3 is 5.97 Å². The zero-order valence-corrected chi connectivity index (χ0v) is 20.6. The largest absolute Gasteiger partial charge is 0.496 e. The molecule has 0 radical (unpaired) electrons. The number of allylic oxidation sites excluding steroid dienone is 1. The molecule has 0 saturated heterocycles. The molecule has 1 atom stereocenters. The van der Waals surface area contributed by atoms with Crippen molar-refractivity contribution < 1.29 is 19.0 Å². The van der Waals surface area contributed by atoms with Crippen LogP contribution in [0.2, 0.25) is 5.02 Å². The molecule has 8 nitrogen and oxygen atoms in total. The van der Waals surface area contributed by atoms with Crippen molar-refractivity contribution in [2.24, 2.45) is 4.99 Å². The van der Waals surface area contributed by atoms with Crippen LogP contribution in [0.1, 0.15) is 24.1 Å². The van der Waals surface area contributed by atoms with Crippen molar-refractivity contribution in [2.45, 2.75) is 13.0 Å². The smallest absolute Gasteiger partial charge is 0.338 e. The molecule has 1 aliphatic rings. The topological polar surface area (TPSA) is 103 Å². The molecular formula is C25H20ClN3O5S. The summed E-state index contributed by atoms with van der Waals surface area (Å²) in [6, 6.07) is 13.1. The van der Waals surface area contributed by atoms with Gasteiger partial charge in [-0.2, -0.15) is 5.26 Å². The number of aromatic nitrogens is 1. The summed E-state index contributed by atoms with van der Waals surface area (Å²) in [6.07, 6.45) is 1.74. The second kappa shape index (κ2) is 10.2. The Morgan fingerprint density at radius 1 is 1.26 bits per heavy atom. The van der Waals surface area contributed by atoms with Gasteiger partial charge in [-0.1, -0.05) is 35.1 Å². The summed E-state index contributed by atoms with van der Waals surface area (Å²) < 4.78 is 17.7. The van der Waals surface area contributed by atoms with Gasteiger partial charge in [0.2, 0.25) is 0 Å². The molecule has 0 amide bonds. The SMILES string of the molecule is COC(=O)C1=C(C)N=c2s/c(=C\c3ccc(OCC#N)cc3)c(=O)n2[C@@H]1c1cc(Cl)ccc1OC. The Kier molecular flexibility index (Phi) is 7.05. The van der Waals surface area contributed by atoms with Crippen LogP contribution in [0.3, 0.4) is 0 Å². The van der Waals surface area contributed by atoms with E-state index in [0.29, 0.717) is 37.1 Å². The van der Waals surface area contributed by atoms with E-state index in [-0.39, 0.29) is 17.7 Å². The number of nitrogens with zero attached hydrogens (tertiary/aromatic N) is 3. The Morgan fingerprint density at radius 3 is 2.66 bits per heavy atom. The van der Waals surface area contributed by atoms with Gasteiger partial charge in [0.05, 0.1) is 30.0 Å². The Bertz CT molecular complexity index is 1550. The molecule has 0 fully saturated rings. The molecule has 0 bridgehead atoms. The van der Waals surface area contributed by atoms with Crippen LogP contribution in [0.15, 0.2) is 63.5 Å². The number of halogens is 1. The van der Waals surface area contributed by atoms with Crippen LogP contribution < -0.4 is 24.4 Å². The summed E-state index contributed by atoms with van der Waals surface area (Å²) in [4.78, 5) is 31.4. The lowest BCUT2D eigenvalue weighted by Crippen LogP contribution is -2.40. The van der Waals surface area contributed by atoms with E-state index in [1.54, 1.807) is 55.5 Å². The van der Waals surface area contributed by atoms with Crippen LogP contribution in [0.4, 0.5) is 0 Å². The first-order chi connectivity index (χ1) is 16.9. The Labute approximate surface area is 209 Å². The van der Waals surface area contributed by atoms with Crippen LogP contribution >= 0.6 is 22.9 Å². The number of nitriles is 1. The lowest BCUT2D eigenvalue weighted by atomic mass is 9.95. The molecule has 0 unspecified atom stereocenters. The third-order valence-corrected chi connectivity index (χ3v) is 6.61. The Morgan fingerprint density at radius 2 is 2.00 bits per heavy atom. The van der Waals surface area contributed by atoms with E-state index in [4.69, 9.17) is 31.1 Å². The first-order valence-corrected chi connectivity index (χ1v) is 11.6. The third-order valence-electron chi connectivity index (χ3n) is 5.39. The zero-order valence-electron chi connectivity index (χ0n) is 19.1. The van der Waals surface area contributed by atoms with E-state index in [1.807, 2.05) is 6.07 Å². The second-order valence-corrected chi connectivity index (χ2v) is 8.92. The number of esters is 1. The Hall–Kier alpha value is -3.87. The molecule has 0 saturated carbocycles. The molecule has 2 aromatic carbocycles. The van der Waals surface area contributed by atoms with E-state index in [2.05, 4.69) is 4.99 Å². The lowest BCUT2D eigenvalue weighted by Gasteiger charge is -2.25. The highest BCUT2D eigenvalue weighted by Crippen LogP contribution is 2.37. The number of thiazole rings is 1. The zero-order chi connectivity index (χ0) is 25.1. The first kappa shape index (κ1) is 24.3. The monoisotopic (exact) mass is 509 g/mol. The molecule has 4 rings (SSSR count). The van der Waals surface area contributed by atoms with E-state index >= 15 is 0 Å². The summed E-state index contributed by atoms with van der Waals surface area (Å²) in [5.74, 6) is 0.426. The number of hydrogen-bond donors (Lipinski definition) is 0. The van der Waals surface area contributed by atoms with Gasteiger partial charge < -0.3 is 14.2 Å². The first-order valence-electron chi connectivity index (χ1n) is 10.4. The number of benzene rings is 2. The molecule has 10 heteroatoms. The number of carbonyl (C=O) groups excluding carboxylic acids is 1. The maximum absolute atomic E-state index is 13.6. The standard InChI is InChI=1S/C25H20ClN3O5S/c1-14-21(24(31)33-3)22(18-13-16(26)6-9-19(18)32-2)29-23(30)20(35-25(29)28-14)12-15-4-7-17(8-5-15)34-11-10-27/h4-9,12-13,22H,11H2,1-3H3/b20-12-/t22-/m1/s1. The number of ether oxygens (including phenoxy) is 3. The van der Waals surface area contributed by atoms with Crippen LogP contribution in [0.25, 0.3) is 6.08 Å². The maximum atomic E-state index is 13.6. The second-order valence-electron chi connectivity index (χ2n) is 7.48. The van der Waals surface area contributed by atoms with Crippen molar-refractivity contribution in [2.75, 3.05) is 20.8 Å². The summed E-state index contributed by atoms with van der Waals surface area (Å²) in [7, 11) is 2.79.